The highest BCUT2D eigenvalue weighted by Crippen LogP contribution is 2.22. The Kier molecular flexibility index (Phi) is 5.08. The van der Waals surface area contributed by atoms with Gasteiger partial charge in [0, 0.05) is 50.8 Å². The number of aromatic nitrogens is 4. The van der Waals surface area contributed by atoms with E-state index in [9.17, 15) is 4.79 Å². The Hall–Kier alpha value is -2.44. The van der Waals surface area contributed by atoms with Crippen LogP contribution in [0.2, 0.25) is 0 Å². The van der Waals surface area contributed by atoms with Crippen molar-refractivity contribution in [3.63, 3.8) is 0 Å². The molecule has 2 aromatic rings. The maximum Gasteiger partial charge on any atom is 0.222 e. The van der Waals surface area contributed by atoms with Gasteiger partial charge in [-0.3, -0.25) is 14.5 Å². The zero-order valence-electron chi connectivity index (χ0n) is 14.1. The molecule has 2 aromatic heterocycles. The quantitative estimate of drug-likeness (QED) is 0.891. The smallest absolute Gasteiger partial charge is 0.222 e. The average molecular weight is 328 g/mol. The summed E-state index contributed by atoms with van der Waals surface area (Å²) in [6.45, 7) is 1.62. The van der Waals surface area contributed by atoms with E-state index in [1.165, 1.54) is 0 Å². The number of piperidine rings is 1. The first-order valence-electron chi connectivity index (χ1n) is 8.43. The number of nitrogens with two attached hydrogens (primary N) is 1. The van der Waals surface area contributed by atoms with Crippen LogP contribution >= 0.6 is 0 Å². The summed E-state index contributed by atoms with van der Waals surface area (Å²) in [4.78, 5) is 22.9. The predicted octanol–water partition coefficient (Wildman–Crippen LogP) is 1.21. The zero-order chi connectivity index (χ0) is 16.9. The van der Waals surface area contributed by atoms with Crippen molar-refractivity contribution in [2.75, 3.05) is 18.8 Å². The van der Waals surface area contributed by atoms with Gasteiger partial charge in [-0.05, 0) is 37.7 Å². The molecule has 0 aliphatic carbocycles. The van der Waals surface area contributed by atoms with Crippen LogP contribution in [0, 0.1) is 5.92 Å². The van der Waals surface area contributed by atoms with Crippen LogP contribution in [0.1, 0.15) is 30.7 Å². The van der Waals surface area contributed by atoms with E-state index in [-0.39, 0.29) is 5.91 Å². The minimum atomic E-state index is 0.216. The molecule has 0 unspecified atom stereocenters. The fourth-order valence-electron chi connectivity index (χ4n) is 3.31. The van der Waals surface area contributed by atoms with Crippen LogP contribution in [-0.4, -0.2) is 43.6 Å². The molecule has 24 heavy (non-hydrogen) atoms. The van der Waals surface area contributed by atoms with Gasteiger partial charge in [0.15, 0.2) is 0 Å². The van der Waals surface area contributed by atoms with E-state index >= 15 is 0 Å². The Morgan fingerprint density at radius 1 is 1.33 bits per heavy atom. The van der Waals surface area contributed by atoms with Crippen LogP contribution in [0.5, 0.6) is 0 Å². The number of anilines is 1. The second kappa shape index (κ2) is 7.42. The number of rotatable bonds is 5. The molecular formula is C17H24N6O. The van der Waals surface area contributed by atoms with Crippen LogP contribution in [0.15, 0.2) is 24.7 Å². The molecule has 0 spiro atoms. The average Bonchev–Trinajstić information content (AvgIpc) is 3.00. The summed E-state index contributed by atoms with van der Waals surface area (Å²) in [5.41, 5.74) is 7.81. The number of amides is 1. The molecular weight excluding hydrogens is 304 g/mol. The third kappa shape index (κ3) is 3.90. The van der Waals surface area contributed by atoms with Crippen molar-refractivity contribution in [2.24, 2.45) is 13.0 Å². The fourth-order valence-corrected chi connectivity index (χ4v) is 3.31. The van der Waals surface area contributed by atoms with E-state index in [1.807, 2.05) is 22.7 Å². The number of nitrogen functional groups attached to an aromatic ring is 1. The van der Waals surface area contributed by atoms with Gasteiger partial charge in [0.05, 0.1) is 5.69 Å². The summed E-state index contributed by atoms with van der Waals surface area (Å²) in [5, 5.41) is 4.14. The number of carbonyl (C=O) groups excluding carboxylic acids is 1. The number of hydrogen-bond acceptors (Lipinski definition) is 5. The molecule has 7 nitrogen and oxygen atoms in total. The van der Waals surface area contributed by atoms with Crippen LogP contribution in [0.4, 0.5) is 5.82 Å². The molecule has 2 N–H and O–H groups in total. The monoisotopic (exact) mass is 328 g/mol. The molecule has 1 fully saturated rings. The van der Waals surface area contributed by atoms with Crippen molar-refractivity contribution in [1.82, 2.24) is 24.6 Å². The third-order valence-corrected chi connectivity index (χ3v) is 4.68. The predicted molar refractivity (Wildman–Crippen MR) is 91.0 cm³/mol. The van der Waals surface area contributed by atoms with Crippen molar-refractivity contribution < 1.29 is 4.79 Å². The molecule has 1 aliphatic heterocycles. The van der Waals surface area contributed by atoms with Gasteiger partial charge >= 0.3 is 0 Å². The molecule has 1 saturated heterocycles. The van der Waals surface area contributed by atoms with Gasteiger partial charge in [-0.1, -0.05) is 0 Å². The van der Waals surface area contributed by atoms with Gasteiger partial charge in [0.25, 0.3) is 0 Å². The molecule has 1 atom stereocenters. The molecule has 1 aliphatic rings. The summed E-state index contributed by atoms with van der Waals surface area (Å²) in [6.07, 6.45) is 9.21. The SMILES string of the molecule is Cn1nccc1CCC(=O)N1CCC[C@@H](Cc2nccnc2N)C1. The molecule has 0 saturated carbocycles. The van der Waals surface area contributed by atoms with Crippen molar-refractivity contribution in [1.29, 1.82) is 0 Å². The fraction of sp³-hybridized carbons (Fsp3) is 0.529. The lowest BCUT2D eigenvalue weighted by atomic mass is 9.93. The third-order valence-electron chi connectivity index (χ3n) is 4.68. The zero-order valence-corrected chi connectivity index (χ0v) is 14.1. The van der Waals surface area contributed by atoms with Gasteiger partial charge in [0.1, 0.15) is 5.82 Å². The highest BCUT2D eigenvalue weighted by molar-refractivity contribution is 5.76. The highest BCUT2D eigenvalue weighted by Gasteiger charge is 2.24. The van der Waals surface area contributed by atoms with E-state index in [4.69, 9.17) is 5.73 Å². The second-order valence-electron chi connectivity index (χ2n) is 6.39. The van der Waals surface area contributed by atoms with Crippen molar-refractivity contribution in [3.8, 4) is 0 Å². The van der Waals surface area contributed by atoms with E-state index in [1.54, 1.807) is 18.6 Å². The number of hydrogen-bond donors (Lipinski definition) is 1. The lowest BCUT2D eigenvalue weighted by molar-refractivity contribution is -0.133. The van der Waals surface area contributed by atoms with Crippen LogP contribution < -0.4 is 5.73 Å². The number of carbonyl (C=O) groups is 1. The first kappa shape index (κ1) is 16.4. The maximum absolute atomic E-state index is 12.5. The van der Waals surface area contributed by atoms with Gasteiger partial charge < -0.3 is 10.6 Å². The molecule has 0 radical (unpaired) electrons. The molecule has 3 heterocycles. The Bertz CT molecular complexity index is 698. The summed E-state index contributed by atoms with van der Waals surface area (Å²) < 4.78 is 1.82. The Morgan fingerprint density at radius 3 is 2.92 bits per heavy atom. The maximum atomic E-state index is 12.5. The van der Waals surface area contributed by atoms with Gasteiger partial charge in [-0.2, -0.15) is 5.10 Å². The number of likely N-dealkylation sites (tertiary alicyclic amines) is 1. The van der Waals surface area contributed by atoms with E-state index in [2.05, 4.69) is 15.1 Å². The van der Waals surface area contributed by atoms with Crippen molar-refractivity contribution in [2.45, 2.75) is 32.1 Å². The molecule has 128 valence electrons. The summed E-state index contributed by atoms with van der Waals surface area (Å²) in [6, 6.07) is 1.96. The Labute approximate surface area is 141 Å². The van der Waals surface area contributed by atoms with E-state index in [0.717, 1.165) is 50.2 Å². The first-order chi connectivity index (χ1) is 11.6. The van der Waals surface area contributed by atoms with Gasteiger partial charge in [0.2, 0.25) is 5.91 Å². The summed E-state index contributed by atoms with van der Waals surface area (Å²) >= 11 is 0. The lowest BCUT2D eigenvalue weighted by Gasteiger charge is -2.33. The Morgan fingerprint density at radius 2 is 2.17 bits per heavy atom. The number of nitrogens with zero attached hydrogens (tertiary/aromatic N) is 5. The molecule has 0 aromatic carbocycles. The van der Waals surface area contributed by atoms with E-state index < -0.39 is 0 Å². The standard InChI is InChI=1S/C17H24N6O/c1-22-14(6-7-21-22)4-5-16(24)23-10-2-3-13(12-23)11-15-17(18)20-9-8-19-15/h6-9,13H,2-5,10-12H2,1H3,(H2,18,20)/t13-/m0/s1. The largest absolute Gasteiger partial charge is 0.382 e. The van der Waals surface area contributed by atoms with Gasteiger partial charge in [-0.25, -0.2) is 4.98 Å². The first-order valence-corrected chi connectivity index (χ1v) is 8.43. The van der Waals surface area contributed by atoms with Crippen molar-refractivity contribution >= 4 is 11.7 Å². The highest BCUT2D eigenvalue weighted by atomic mass is 16.2. The van der Waals surface area contributed by atoms with Crippen LogP contribution in [0.25, 0.3) is 0 Å². The van der Waals surface area contributed by atoms with Crippen LogP contribution in [0.3, 0.4) is 0 Å². The molecule has 1 amide bonds. The molecule has 3 rings (SSSR count). The van der Waals surface area contributed by atoms with E-state index in [0.29, 0.717) is 18.2 Å². The van der Waals surface area contributed by atoms with Crippen molar-refractivity contribution in [3.05, 3.63) is 36.0 Å². The number of aryl methyl sites for hydroxylation is 2. The minimum absolute atomic E-state index is 0.216. The summed E-state index contributed by atoms with van der Waals surface area (Å²) in [5.74, 6) is 1.11. The minimum Gasteiger partial charge on any atom is -0.382 e. The Balaban J connectivity index is 1.54. The lowest BCUT2D eigenvalue weighted by Crippen LogP contribution is -2.40. The van der Waals surface area contributed by atoms with Gasteiger partial charge in [-0.15, -0.1) is 0 Å². The molecule has 0 bridgehead atoms. The normalized spacial score (nSPS) is 17.9. The second-order valence-corrected chi connectivity index (χ2v) is 6.39. The molecule has 7 heteroatoms. The van der Waals surface area contributed by atoms with Crippen LogP contribution in [-0.2, 0) is 24.7 Å². The topological polar surface area (TPSA) is 89.9 Å². The summed E-state index contributed by atoms with van der Waals surface area (Å²) in [7, 11) is 1.90.